The van der Waals surface area contributed by atoms with E-state index in [1.807, 2.05) is 37.3 Å². The molecule has 1 N–H and O–H groups in total. The van der Waals surface area contributed by atoms with Crippen LogP contribution in [0.2, 0.25) is 0 Å². The van der Waals surface area contributed by atoms with Crippen molar-refractivity contribution in [2.75, 3.05) is 22.9 Å². The predicted molar refractivity (Wildman–Crippen MR) is 130 cm³/mol. The van der Waals surface area contributed by atoms with Gasteiger partial charge in [-0.1, -0.05) is 37.3 Å². The highest BCUT2D eigenvalue weighted by molar-refractivity contribution is 7.92. The lowest BCUT2D eigenvalue weighted by Gasteiger charge is -2.19. The number of hydrogen-bond acceptors (Lipinski definition) is 5. The van der Waals surface area contributed by atoms with E-state index in [1.165, 1.54) is 11.4 Å². The molecular formula is C25H28N2O5S. The third kappa shape index (κ3) is 6.98. The molecule has 0 heterocycles. The van der Waals surface area contributed by atoms with Gasteiger partial charge < -0.3 is 14.8 Å². The van der Waals surface area contributed by atoms with Gasteiger partial charge in [0.15, 0.2) is 6.10 Å². The minimum absolute atomic E-state index is 0.271. The van der Waals surface area contributed by atoms with E-state index in [9.17, 15) is 13.2 Å². The first-order chi connectivity index (χ1) is 15.8. The topological polar surface area (TPSA) is 84.9 Å². The Hall–Kier alpha value is -3.52. The number of carbonyl (C=O) groups excluding carboxylic acids is 1. The molecule has 0 aliphatic heterocycles. The van der Waals surface area contributed by atoms with Crippen molar-refractivity contribution in [1.29, 1.82) is 0 Å². The van der Waals surface area contributed by atoms with Crippen molar-refractivity contribution in [1.82, 2.24) is 0 Å². The summed E-state index contributed by atoms with van der Waals surface area (Å²) in [7, 11) is -1.87. The van der Waals surface area contributed by atoms with Gasteiger partial charge in [0.25, 0.3) is 5.91 Å². The largest absolute Gasteiger partial charge is 0.489 e. The molecule has 33 heavy (non-hydrogen) atoms. The Balaban J connectivity index is 1.56. The summed E-state index contributed by atoms with van der Waals surface area (Å²) < 4.78 is 36.1. The highest BCUT2D eigenvalue weighted by atomic mass is 32.2. The Kier molecular flexibility index (Phi) is 7.95. The van der Waals surface area contributed by atoms with Crippen LogP contribution in [0.1, 0.15) is 18.9 Å². The Morgan fingerprint density at radius 1 is 0.939 bits per heavy atom. The van der Waals surface area contributed by atoms with Crippen LogP contribution < -0.4 is 19.1 Å². The molecule has 0 aliphatic carbocycles. The molecule has 0 radical (unpaired) electrons. The second-order valence-electron chi connectivity index (χ2n) is 7.53. The molecule has 3 rings (SSSR count). The smallest absolute Gasteiger partial charge is 0.265 e. The highest BCUT2D eigenvalue weighted by Crippen LogP contribution is 2.22. The summed E-state index contributed by atoms with van der Waals surface area (Å²) in [6, 6.07) is 23.6. The number of rotatable bonds is 10. The first kappa shape index (κ1) is 24.1. The van der Waals surface area contributed by atoms with Gasteiger partial charge in [-0.2, -0.15) is 0 Å². The maximum atomic E-state index is 12.7. The zero-order chi connectivity index (χ0) is 23.8. The van der Waals surface area contributed by atoms with Crippen LogP contribution in [-0.4, -0.2) is 33.7 Å². The molecule has 7 nitrogen and oxygen atoms in total. The van der Waals surface area contributed by atoms with Crippen LogP contribution in [0.4, 0.5) is 11.4 Å². The molecule has 0 fully saturated rings. The molecule has 0 saturated carbocycles. The lowest BCUT2D eigenvalue weighted by atomic mass is 10.2. The summed E-state index contributed by atoms with van der Waals surface area (Å²) >= 11 is 0. The summed E-state index contributed by atoms with van der Waals surface area (Å²) in [5.41, 5.74) is 2.23. The summed E-state index contributed by atoms with van der Waals surface area (Å²) in [6.07, 6.45) is 0.906. The molecule has 8 heteroatoms. The van der Waals surface area contributed by atoms with E-state index in [1.54, 1.807) is 48.5 Å². The van der Waals surface area contributed by atoms with Crippen LogP contribution in [0.15, 0.2) is 78.9 Å². The van der Waals surface area contributed by atoms with Gasteiger partial charge in [0.2, 0.25) is 10.0 Å². The average Bonchev–Trinajstić information content (AvgIpc) is 2.82. The Morgan fingerprint density at radius 3 is 2.12 bits per heavy atom. The average molecular weight is 469 g/mol. The summed E-state index contributed by atoms with van der Waals surface area (Å²) in [4.78, 5) is 12.7. The van der Waals surface area contributed by atoms with Crippen LogP contribution in [0.25, 0.3) is 0 Å². The summed E-state index contributed by atoms with van der Waals surface area (Å²) in [6.45, 7) is 2.33. The van der Waals surface area contributed by atoms with Crippen LogP contribution >= 0.6 is 0 Å². The molecule has 1 unspecified atom stereocenters. The zero-order valence-electron chi connectivity index (χ0n) is 18.9. The molecule has 3 aromatic carbocycles. The first-order valence-electron chi connectivity index (χ1n) is 10.5. The van der Waals surface area contributed by atoms with Crippen molar-refractivity contribution in [2.45, 2.75) is 26.1 Å². The number of nitrogens with zero attached hydrogens (tertiary/aromatic N) is 1. The Labute approximate surface area is 195 Å². The number of sulfonamides is 1. The first-order valence-corrected chi connectivity index (χ1v) is 12.4. The maximum Gasteiger partial charge on any atom is 0.265 e. The van der Waals surface area contributed by atoms with Crippen LogP contribution in [0.3, 0.4) is 0 Å². The van der Waals surface area contributed by atoms with Crippen molar-refractivity contribution < 1.29 is 22.7 Å². The van der Waals surface area contributed by atoms with Gasteiger partial charge in [0, 0.05) is 12.7 Å². The van der Waals surface area contributed by atoms with Crippen LogP contribution in [0, 0.1) is 0 Å². The third-order valence-electron chi connectivity index (χ3n) is 5.01. The fourth-order valence-corrected chi connectivity index (χ4v) is 3.52. The lowest BCUT2D eigenvalue weighted by molar-refractivity contribution is -0.122. The van der Waals surface area contributed by atoms with Crippen LogP contribution in [0.5, 0.6) is 11.5 Å². The minimum Gasteiger partial charge on any atom is -0.489 e. The number of ether oxygens (including phenoxy) is 2. The summed E-state index contributed by atoms with van der Waals surface area (Å²) in [5, 5.41) is 2.86. The van der Waals surface area contributed by atoms with Crippen LogP contribution in [-0.2, 0) is 21.4 Å². The van der Waals surface area contributed by atoms with Gasteiger partial charge in [-0.05, 0) is 60.5 Å². The number of anilines is 2. The van der Waals surface area contributed by atoms with Crippen molar-refractivity contribution in [3.05, 3.63) is 84.4 Å². The quantitative estimate of drug-likeness (QED) is 0.475. The predicted octanol–water partition coefficient (Wildman–Crippen LogP) is 4.46. The summed E-state index contributed by atoms with van der Waals surface area (Å²) in [5.74, 6) is 0.916. The molecule has 0 aliphatic rings. The molecule has 3 aromatic rings. The number of carbonyl (C=O) groups is 1. The second-order valence-corrected chi connectivity index (χ2v) is 9.54. The molecule has 0 aromatic heterocycles. The molecule has 174 valence electrons. The second kappa shape index (κ2) is 10.9. The SMILES string of the molecule is CCC(Oc1ccc(N(C)S(C)(=O)=O)cc1)C(=O)Nc1ccc(OCc2ccccc2)cc1. The molecular weight excluding hydrogens is 440 g/mol. The van der Waals surface area contributed by atoms with E-state index in [0.29, 0.717) is 35.9 Å². The monoisotopic (exact) mass is 468 g/mol. The lowest BCUT2D eigenvalue weighted by Crippen LogP contribution is -2.32. The Bertz CT molecular complexity index is 1150. The molecule has 0 spiro atoms. The van der Waals surface area contributed by atoms with E-state index in [0.717, 1.165) is 11.8 Å². The van der Waals surface area contributed by atoms with Gasteiger partial charge in [-0.15, -0.1) is 0 Å². The van der Waals surface area contributed by atoms with Crippen molar-refractivity contribution in [3.8, 4) is 11.5 Å². The van der Waals surface area contributed by atoms with Gasteiger partial charge in [0.05, 0.1) is 11.9 Å². The van der Waals surface area contributed by atoms with Gasteiger partial charge in [-0.25, -0.2) is 8.42 Å². The standard InChI is InChI=1S/C25H28N2O5S/c1-4-24(32-23-16-12-21(13-17-23)27(2)33(3,29)30)25(28)26-20-10-14-22(15-11-20)31-18-19-8-6-5-7-9-19/h5-17,24H,4,18H2,1-3H3,(H,26,28). The zero-order valence-corrected chi connectivity index (χ0v) is 19.7. The molecule has 1 atom stereocenters. The number of nitrogens with one attached hydrogen (secondary N) is 1. The van der Waals surface area contributed by atoms with Gasteiger partial charge in [0.1, 0.15) is 18.1 Å². The Morgan fingerprint density at radius 2 is 1.55 bits per heavy atom. The maximum absolute atomic E-state index is 12.7. The van der Waals surface area contributed by atoms with Crippen molar-refractivity contribution in [3.63, 3.8) is 0 Å². The van der Waals surface area contributed by atoms with Gasteiger partial charge in [-0.3, -0.25) is 9.10 Å². The van der Waals surface area contributed by atoms with Gasteiger partial charge >= 0.3 is 0 Å². The fraction of sp³-hybridized carbons (Fsp3) is 0.240. The normalized spacial score (nSPS) is 12.0. The fourth-order valence-electron chi connectivity index (χ4n) is 3.01. The van der Waals surface area contributed by atoms with E-state index < -0.39 is 16.1 Å². The number of benzene rings is 3. The van der Waals surface area contributed by atoms with Crippen molar-refractivity contribution >= 4 is 27.3 Å². The van der Waals surface area contributed by atoms with E-state index in [4.69, 9.17) is 9.47 Å². The van der Waals surface area contributed by atoms with E-state index >= 15 is 0 Å². The minimum atomic E-state index is -3.35. The van der Waals surface area contributed by atoms with E-state index in [2.05, 4.69) is 5.32 Å². The third-order valence-corrected chi connectivity index (χ3v) is 6.22. The highest BCUT2D eigenvalue weighted by Gasteiger charge is 2.19. The number of hydrogen-bond donors (Lipinski definition) is 1. The van der Waals surface area contributed by atoms with Crippen molar-refractivity contribution in [2.24, 2.45) is 0 Å². The molecule has 0 bridgehead atoms. The number of amides is 1. The molecule has 1 amide bonds. The molecule has 0 saturated heterocycles. The van der Waals surface area contributed by atoms with E-state index in [-0.39, 0.29) is 5.91 Å².